The zero-order valence-electron chi connectivity index (χ0n) is 20.7. The smallest absolute Gasteiger partial charge is 0.408 e. The van der Waals surface area contributed by atoms with Crippen LogP contribution in [0, 0.1) is 0 Å². The van der Waals surface area contributed by atoms with Crippen LogP contribution in [-0.4, -0.2) is 57.6 Å². The molecule has 0 aliphatic carbocycles. The van der Waals surface area contributed by atoms with E-state index in [0.717, 1.165) is 0 Å². The highest BCUT2D eigenvalue weighted by Crippen LogP contribution is 2.20. The lowest BCUT2D eigenvalue weighted by Gasteiger charge is -2.24. The number of benzene rings is 2. The van der Waals surface area contributed by atoms with Crippen molar-refractivity contribution in [2.24, 2.45) is 0 Å². The molecule has 11 nitrogen and oxygen atoms in total. The molecular weight excluding hydrogens is 466 g/mol. The molecule has 1 atom stereocenters. The van der Waals surface area contributed by atoms with Crippen molar-refractivity contribution in [1.29, 1.82) is 0 Å². The molecule has 3 amide bonds. The van der Waals surface area contributed by atoms with Crippen molar-refractivity contribution in [3.8, 4) is 0 Å². The zero-order chi connectivity index (χ0) is 26.6. The first-order chi connectivity index (χ1) is 16.8. The van der Waals surface area contributed by atoms with Gasteiger partial charge in [0, 0.05) is 31.8 Å². The second-order valence-electron chi connectivity index (χ2n) is 9.26. The van der Waals surface area contributed by atoms with Crippen LogP contribution in [-0.2, 0) is 20.7 Å². The van der Waals surface area contributed by atoms with E-state index in [9.17, 15) is 19.2 Å². The Morgan fingerprint density at radius 2 is 1.86 bits per heavy atom. The minimum absolute atomic E-state index is 0.123. The summed E-state index contributed by atoms with van der Waals surface area (Å²) >= 11 is 0. The highest BCUT2D eigenvalue weighted by molar-refractivity contribution is 5.98. The number of alkyl carbamates (subject to hydrolysis) is 1. The van der Waals surface area contributed by atoms with Crippen LogP contribution in [0.2, 0.25) is 0 Å². The molecule has 3 aromatic rings. The summed E-state index contributed by atoms with van der Waals surface area (Å²) in [6.07, 6.45) is -0.633. The molecule has 1 unspecified atom stereocenters. The molecule has 4 N–H and O–H groups in total. The van der Waals surface area contributed by atoms with E-state index in [1.54, 1.807) is 64.2 Å². The Morgan fingerprint density at radius 3 is 2.50 bits per heavy atom. The predicted octanol–water partition coefficient (Wildman–Crippen LogP) is 3.32. The van der Waals surface area contributed by atoms with E-state index in [1.165, 1.54) is 17.9 Å². The molecule has 0 fully saturated rings. The summed E-state index contributed by atoms with van der Waals surface area (Å²) in [5.41, 5.74) is 1.83. The third kappa shape index (κ3) is 6.81. The third-order valence-corrected chi connectivity index (χ3v) is 5.17. The molecule has 0 aliphatic rings. The number of aromatic nitrogens is 2. The van der Waals surface area contributed by atoms with Crippen LogP contribution < -0.4 is 15.5 Å². The molecule has 0 spiro atoms. The Morgan fingerprint density at radius 1 is 1.14 bits per heavy atom. The third-order valence-electron chi connectivity index (χ3n) is 5.17. The van der Waals surface area contributed by atoms with Gasteiger partial charge in [0.05, 0.1) is 11.0 Å². The fourth-order valence-electron chi connectivity index (χ4n) is 3.38. The minimum atomic E-state index is -1.20. The normalized spacial score (nSPS) is 12.0. The molecule has 1 heterocycles. The SMILES string of the molecule is CC(=O)N(C)c1cccc(CC(NC(=O)OC(C)(C)C)C(=O)Nc2ccc3[nH]c(C(=O)O)nc3c2)c1. The van der Waals surface area contributed by atoms with Gasteiger partial charge in [0.2, 0.25) is 17.6 Å². The molecular formula is C25H29N5O6. The quantitative estimate of drug-likeness (QED) is 0.392. The number of hydrogen-bond acceptors (Lipinski definition) is 6. The van der Waals surface area contributed by atoms with E-state index in [2.05, 4.69) is 20.6 Å². The first-order valence-corrected chi connectivity index (χ1v) is 11.2. The standard InChI is InChI=1S/C25H29N5O6/c1-14(31)30(5)17-8-6-7-15(11-17)12-20(29-24(35)36-25(2,3)4)22(32)26-16-9-10-18-19(13-16)28-21(27-18)23(33)34/h6-11,13,20H,12H2,1-5H3,(H,26,32)(H,27,28)(H,29,35)(H,33,34). The lowest BCUT2D eigenvalue weighted by Crippen LogP contribution is -2.47. The Labute approximate surface area is 207 Å². The zero-order valence-corrected chi connectivity index (χ0v) is 20.7. The number of imidazole rings is 1. The lowest BCUT2D eigenvalue weighted by atomic mass is 10.0. The Kier molecular flexibility index (Phi) is 7.62. The largest absolute Gasteiger partial charge is 0.475 e. The topological polar surface area (TPSA) is 154 Å². The van der Waals surface area contributed by atoms with Crippen LogP contribution in [0.4, 0.5) is 16.2 Å². The van der Waals surface area contributed by atoms with Gasteiger partial charge in [0.1, 0.15) is 11.6 Å². The van der Waals surface area contributed by atoms with Crippen LogP contribution in [0.5, 0.6) is 0 Å². The molecule has 1 aromatic heterocycles. The number of ether oxygens (including phenoxy) is 1. The van der Waals surface area contributed by atoms with Gasteiger partial charge >= 0.3 is 12.1 Å². The van der Waals surface area contributed by atoms with Crippen molar-refractivity contribution in [1.82, 2.24) is 15.3 Å². The van der Waals surface area contributed by atoms with Crippen molar-refractivity contribution < 1.29 is 29.0 Å². The summed E-state index contributed by atoms with van der Waals surface area (Å²) in [5, 5.41) is 14.5. The predicted molar refractivity (Wildman–Crippen MR) is 134 cm³/mol. The van der Waals surface area contributed by atoms with E-state index in [4.69, 9.17) is 9.84 Å². The van der Waals surface area contributed by atoms with E-state index < -0.39 is 29.6 Å². The number of nitrogens with zero attached hydrogens (tertiary/aromatic N) is 2. The summed E-state index contributed by atoms with van der Waals surface area (Å²) < 4.78 is 5.33. The molecule has 0 radical (unpaired) electrons. The second-order valence-corrected chi connectivity index (χ2v) is 9.26. The Hall–Kier alpha value is -4.41. The number of hydrogen-bond donors (Lipinski definition) is 4. The van der Waals surface area contributed by atoms with Crippen LogP contribution >= 0.6 is 0 Å². The van der Waals surface area contributed by atoms with Crippen LogP contribution in [0.15, 0.2) is 42.5 Å². The number of aromatic carboxylic acids is 1. The number of carboxylic acid groups (broad SMARTS) is 1. The number of nitrogens with one attached hydrogen (secondary N) is 3. The Bertz CT molecular complexity index is 1310. The van der Waals surface area contributed by atoms with Gasteiger partial charge < -0.3 is 30.4 Å². The summed E-state index contributed by atoms with van der Waals surface area (Å²) in [5.74, 6) is -2.07. The number of anilines is 2. The minimum Gasteiger partial charge on any atom is -0.475 e. The number of H-pyrrole nitrogens is 1. The van der Waals surface area contributed by atoms with Crippen molar-refractivity contribution in [2.75, 3.05) is 17.3 Å². The molecule has 0 saturated heterocycles. The van der Waals surface area contributed by atoms with Gasteiger partial charge in [-0.2, -0.15) is 0 Å². The van der Waals surface area contributed by atoms with Crippen molar-refractivity contribution >= 4 is 46.3 Å². The van der Waals surface area contributed by atoms with Gasteiger partial charge in [-0.15, -0.1) is 0 Å². The summed E-state index contributed by atoms with van der Waals surface area (Å²) in [4.78, 5) is 56.8. The number of carbonyl (C=O) groups excluding carboxylic acids is 3. The second kappa shape index (κ2) is 10.5. The molecule has 2 aromatic carbocycles. The number of fused-ring (bicyclic) bond motifs is 1. The van der Waals surface area contributed by atoms with Crippen LogP contribution in [0.3, 0.4) is 0 Å². The summed E-state index contributed by atoms with van der Waals surface area (Å²) in [6.45, 7) is 6.59. The molecule has 11 heteroatoms. The number of carboxylic acids is 1. The summed E-state index contributed by atoms with van der Waals surface area (Å²) in [7, 11) is 1.64. The molecule has 3 rings (SSSR count). The molecule has 0 bridgehead atoms. The maximum absolute atomic E-state index is 13.2. The number of carbonyl (C=O) groups is 4. The highest BCUT2D eigenvalue weighted by Gasteiger charge is 2.25. The van der Waals surface area contributed by atoms with Gasteiger partial charge in [-0.05, 0) is 56.7 Å². The van der Waals surface area contributed by atoms with E-state index >= 15 is 0 Å². The van der Waals surface area contributed by atoms with Gasteiger partial charge in [-0.1, -0.05) is 12.1 Å². The number of amides is 3. The van der Waals surface area contributed by atoms with Gasteiger partial charge in [0.15, 0.2) is 0 Å². The number of aromatic amines is 1. The maximum atomic E-state index is 13.2. The summed E-state index contributed by atoms with van der Waals surface area (Å²) in [6, 6.07) is 10.8. The first-order valence-electron chi connectivity index (χ1n) is 11.2. The molecule has 0 aliphatic heterocycles. The molecule has 190 valence electrons. The first kappa shape index (κ1) is 26.2. The van der Waals surface area contributed by atoms with Crippen LogP contribution in [0.25, 0.3) is 11.0 Å². The average Bonchev–Trinajstić information content (AvgIpc) is 3.21. The number of rotatable bonds is 7. The van der Waals surface area contributed by atoms with Crippen molar-refractivity contribution in [2.45, 2.75) is 45.8 Å². The lowest BCUT2D eigenvalue weighted by molar-refractivity contribution is -0.118. The van der Waals surface area contributed by atoms with Crippen molar-refractivity contribution in [3.63, 3.8) is 0 Å². The van der Waals surface area contributed by atoms with E-state index in [-0.39, 0.29) is 18.2 Å². The van der Waals surface area contributed by atoms with Crippen LogP contribution in [0.1, 0.15) is 43.9 Å². The van der Waals surface area contributed by atoms with E-state index in [0.29, 0.717) is 28.0 Å². The highest BCUT2D eigenvalue weighted by atomic mass is 16.6. The molecule has 36 heavy (non-hydrogen) atoms. The fraction of sp³-hybridized carbons (Fsp3) is 0.320. The van der Waals surface area contributed by atoms with Gasteiger partial charge in [-0.25, -0.2) is 14.6 Å². The monoisotopic (exact) mass is 495 g/mol. The van der Waals surface area contributed by atoms with Gasteiger partial charge in [-0.3, -0.25) is 9.59 Å². The van der Waals surface area contributed by atoms with E-state index in [1.807, 2.05) is 0 Å². The van der Waals surface area contributed by atoms with Gasteiger partial charge in [0.25, 0.3) is 0 Å². The Balaban J connectivity index is 1.84. The van der Waals surface area contributed by atoms with Crippen molar-refractivity contribution in [3.05, 3.63) is 53.9 Å². The maximum Gasteiger partial charge on any atom is 0.408 e. The fourth-order valence-corrected chi connectivity index (χ4v) is 3.38. The molecule has 0 saturated carbocycles. The average molecular weight is 496 g/mol.